The first-order chi connectivity index (χ1) is 11.9. The molecule has 0 spiro atoms. The molecule has 122 valence electrons. The lowest BCUT2D eigenvalue weighted by molar-refractivity contribution is -0.439. The minimum Gasteiger partial charge on any atom is -0.258 e. The Morgan fingerprint density at radius 3 is 1.40 bits per heavy atom. The number of hydrogen-bond donors (Lipinski definition) is 0. The van der Waals surface area contributed by atoms with E-state index in [1.165, 1.54) is 12.1 Å². The number of hydrogen-bond acceptors (Lipinski definition) is 6. The fourth-order valence-electron chi connectivity index (χ4n) is 3.39. The van der Waals surface area contributed by atoms with Gasteiger partial charge in [0.1, 0.15) is 0 Å². The van der Waals surface area contributed by atoms with Crippen LogP contribution in [-0.2, 0) is 0 Å². The Hall–Kier alpha value is -3.88. The smallest absolute Gasteiger partial charge is 0.258 e. The van der Waals surface area contributed by atoms with Gasteiger partial charge in [-0.3, -0.25) is 30.3 Å². The summed E-state index contributed by atoms with van der Waals surface area (Å²) >= 11 is 0. The van der Waals surface area contributed by atoms with E-state index in [4.69, 9.17) is 0 Å². The molecule has 0 fully saturated rings. The van der Waals surface area contributed by atoms with Gasteiger partial charge in [-0.25, -0.2) is 0 Å². The van der Waals surface area contributed by atoms with Crippen molar-refractivity contribution in [2.45, 2.75) is 0 Å². The van der Waals surface area contributed by atoms with Gasteiger partial charge in [0, 0.05) is 5.39 Å². The number of benzene rings is 4. The van der Waals surface area contributed by atoms with Crippen molar-refractivity contribution in [2.24, 2.45) is 0 Å². The van der Waals surface area contributed by atoms with E-state index in [0.717, 1.165) is 10.8 Å². The van der Waals surface area contributed by atoms with Crippen molar-refractivity contribution in [3.05, 3.63) is 72.8 Å². The molecular weight excluding hydrogens is 330 g/mol. The van der Waals surface area contributed by atoms with E-state index in [0.29, 0.717) is 10.8 Å². The molecular formula is C16H7N3O6. The van der Waals surface area contributed by atoms with Crippen molar-refractivity contribution >= 4 is 49.4 Å². The van der Waals surface area contributed by atoms with Gasteiger partial charge in [-0.1, -0.05) is 30.3 Å². The van der Waals surface area contributed by atoms with E-state index >= 15 is 0 Å². The molecule has 0 aliphatic carbocycles. The molecule has 0 aromatic heterocycles. The molecule has 0 unspecified atom stereocenters. The molecule has 0 N–H and O–H groups in total. The molecule has 4 aromatic carbocycles. The minimum atomic E-state index is -1.10. The van der Waals surface area contributed by atoms with E-state index in [1.807, 2.05) is 0 Å². The predicted molar refractivity (Wildman–Crippen MR) is 90.1 cm³/mol. The van der Waals surface area contributed by atoms with Gasteiger partial charge in [-0.2, -0.15) is 0 Å². The highest BCUT2D eigenvalue weighted by Gasteiger charge is 2.41. The molecule has 0 amide bonds. The third-order valence-corrected chi connectivity index (χ3v) is 4.28. The summed E-state index contributed by atoms with van der Waals surface area (Å²) in [6, 6.07) is 11.4. The molecule has 0 bridgehead atoms. The molecule has 0 saturated carbocycles. The highest BCUT2D eigenvalue weighted by Crippen LogP contribution is 2.49. The monoisotopic (exact) mass is 337 g/mol. The van der Waals surface area contributed by atoms with Crippen molar-refractivity contribution in [2.75, 3.05) is 0 Å². The summed E-state index contributed by atoms with van der Waals surface area (Å²) in [7, 11) is 0. The molecule has 4 rings (SSSR count). The maximum atomic E-state index is 11.5. The predicted octanol–water partition coefficient (Wildman–Crippen LogP) is 4.31. The van der Waals surface area contributed by atoms with Crippen LogP contribution in [0.5, 0.6) is 0 Å². The second kappa shape index (κ2) is 4.81. The molecule has 25 heavy (non-hydrogen) atoms. The van der Waals surface area contributed by atoms with Gasteiger partial charge in [0.2, 0.25) is 0 Å². The molecule has 0 saturated heterocycles. The average Bonchev–Trinajstić information content (AvgIpc) is 2.57. The van der Waals surface area contributed by atoms with E-state index < -0.39 is 31.8 Å². The van der Waals surface area contributed by atoms with Crippen LogP contribution in [-0.4, -0.2) is 14.8 Å². The quantitative estimate of drug-likeness (QED) is 0.311. The van der Waals surface area contributed by atoms with Crippen molar-refractivity contribution in [1.82, 2.24) is 0 Å². The highest BCUT2D eigenvalue weighted by molar-refractivity contribution is 6.28. The number of nitrogens with zero attached hydrogens (tertiary/aromatic N) is 3. The van der Waals surface area contributed by atoms with Gasteiger partial charge in [-0.05, 0) is 28.3 Å². The van der Waals surface area contributed by atoms with Crippen LogP contribution in [0.2, 0.25) is 0 Å². The molecule has 0 aliphatic heterocycles. The molecule has 9 nitrogen and oxygen atoms in total. The van der Waals surface area contributed by atoms with Crippen LogP contribution in [0.15, 0.2) is 42.5 Å². The van der Waals surface area contributed by atoms with Crippen molar-refractivity contribution < 1.29 is 14.8 Å². The molecule has 0 aliphatic rings. The van der Waals surface area contributed by atoms with Crippen LogP contribution in [0, 0.1) is 30.3 Å². The molecule has 0 atom stereocenters. The summed E-state index contributed by atoms with van der Waals surface area (Å²) in [5.74, 6) is 0. The first-order valence-corrected chi connectivity index (χ1v) is 7.08. The van der Waals surface area contributed by atoms with E-state index in [9.17, 15) is 30.3 Å². The van der Waals surface area contributed by atoms with Gasteiger partial charge in [0.15, 0.2) is 0 Å². The molecule has 0 heterocycles. The third kappa shape index (κ3) is 1.83. The van der Waals surface area contributed by atoms with Gasteiger partial charge < -0.3 is 0 Å². The molecule has 4 aromatic rings. The number of nitro groups is 3. The summed E-state index contributed by atoms with van der Waals surface area (Å²) < 4.78 is 0. The van der Waals surface area contributed by atoms with Crippen molar-refractivity contribution in [3.63, 3.8) is 0 Å². The second-order valence-corrected chi connectivity index (χ2v) is 5.50. The Bertz CT molecular complexity index is 1150. The van der Waals surface area contributed by atoms with Gasteiger partial charge >= 0.3 is 17.1 Å². The van der Waals surface area contributed by atoms with Crippen LogP contribution in [0.4, 0.5) is 17.1 Å². The zero-order chi connectivity index (χ0) is 17.9. The summed E-state index contributed by atoms with van der Waals surface area (Å²) in [5, 5.41) is 36.9. The summed E-state index contributed by atoms with van der Waals surface area (Å²) in [5.41, 5.74) is -2.81. The summed E-state index contributed by atoms with van der Waals surface area (Å²) in [6.07, 6.45) is 0. The Morgan fingerprint density at radius 2 is 1.00 bits per heavy atom. The van der Waals surface area contributed by atoms with Crippen molar-refractivity contribution in [1.29, 1.82) is 0 Å². The van der Waals surface area contributed by atoms with E-state index in [2.05, 4.69) is 0 Å². The lowest BCUT2D eigenvalue weighted by Crippen LogP contribution is -2.03. The topological polar surface area (TPSA) is 129 Å². The third-order valence-electron chi connectivity index (χ3n) is 4.28. The van der Waals surface area contributed by atoms with Gasteiger partial charge in [0.25, 0.3) is 0 Å². The average molecular weight is 337 g/mol. The zero-order valence-corrected chi connectivity index (χ0v) is 12.3. The number of rotatable bonds is 3. The Morgan fingerprint density at radius 1 is 0.560 bits per heavy atom. The Labute approximate surface area is 137 Å². The van der Waals surface area contributed by atoms with Crippen LogP contribution < -0.4 is 0 Å². The molecule has 9 heteroatoms. The maximum absolute atomic E-state index is 11.5. The van der Waals surface area contributed by atoms with E-state index in [1.54, 1.807) is 30.3 Å². The zero-order valence-electron chi connectivity index (χ0n) is 12.3. The standard InChI is InChI=1S/C16H7N3O6/c20-17(21)14-10-6-4-8-2-1-3-9-5-7-11(13(10)12(8)9)15(18(22)23)16(14)19(24)25/h1-7H. The fraction of sp³-hybridized carbons (Fsp3) is 0. The van der Waals surface area contributed by atoms with Gasteiger partial charge in [-0.15, -0.1) is 0 Å². The normalized spacial score (nSPS) is 11.4. The summed E-state index contributed by atoms with van der Waals surface area (Å²) in [6.45, 7) is 0. The Kier molecular flexibility index (Phi) is 2.83. The Balaban J connectivity index is 2.44. The first kappa shape index (κ1) is 14.7. The highest BCUT2D eigenvalue weighted by atomic mass is 16.6. The minimum absolute atomic E-state index is 0.0154. The number of nitro benzene ring substituents is 3. The van der Waals surface area contributed by atoms with Crippen LogP contribution >= 0.6 is 0 Å². The lowest BCUT2D eigenvalue weighted by Gasteiger charge is -2.11. The fourth-order valence-corrected chi connectivity index (χ4v) is 3.39. The van der Waals surface area contributed by atoms with E-state index in [-0.39, 0.29) is 10.8 Å². The SMILES string of the molecule is O=[N+]([O-])c1c([N+](=O)[O-])c2ccc3cccc4ccc(c1[N+](=O)[O-])c2c34. The van der Waals surface area contributed by atoms with Gasteiger partial charge in [0.05, 0.1) is 25.5 Å². The van der Waals surface area contributed by atoms with Crippen LogP contribution in [0.25, 0.3) is 32.3 Å². The molecule has 0 radical (unpaired) electrons. The largest absolute Gasteiger partial charge is 0.423 e. The lowest BCUT2D eigenvalue weighted by atomic mass is 9.92. The van der Waals surface area contributed by atoms with Crippen LogP contribution in [0.1, 0.15) is 0 Å². The second-order valence-electron chi connectivity index (χ2n) is 5.50. The first-order valence-electron chi connectivity index (χ1n) is 7.08. The van der Waals surface area contributed by atoms with Crippen molar-refractivity contribution in [3.8, 4) is 0 Å². The maximum Gasteiger partial charge on any atom is 0.423 e. The van der Waals surface area contributed by atoms with Crippen LogP contribution in [0.3, 0.4) is 0 Å². The summed E-state index contributed by atoms with van der Waals surface area (Å²) in [4.78, 5) is 31.5.